The van der Waals surface area contributed by atoms with Gasteiger partial charge in [0, 0.05) is 18.7 Å². The fourth-order valence-electron chi connectivity index (χ4n) is 3.80. The second-order valence-electron chi connectivity index (χ2n) is 7.43. The number of benzene rings is 1. The van der Waals surface area contributed by atoms with Gasteiger partial charge in [-0.1, -0.05) is 17.7 Å². The lowest BCUT2D eigenvalue weighted by Crippen LogP contribution is -2.37. The number of hydrogen-bond donors (Lipinski definition) is 2. The molecule has 1 aliphatic rings. The molecule has 0 radical (unpaired) electrons. The van der Waals surface area contributed by atoms with E-state index in [0.717, 1.165) is 46.7 Å². The summed E-state index contributed by atoms with van der Waals surface area (Å²) in [4.78, 5) is 19.7. The van der Waals surface area contributed by atoms with E-state index >= 15 is 0 Å². The van der Waals surface area contributed by atoms with E-state index in [1.165, 1.54) is 0 Å². The molecule has 0 aliphatic carbocycles. The molecule has 162 valence electrons. The number of imidazole rings is 1. The van der Waals surface area contributed by atoms with E-state index in [-0.39, 0.29) is 0 Å². The van der Waals surface area contributed by atoms with Crippen molar-refractivity contribution in [2.75, 3.05) is 36.5 Å². The first-order valence-corrected chi connectivity index (χ1v) is 11.6. The zero-order valence-electron chi connectivity index (χ0n) is 17.0. The summed E-state index contributed by atoms with van der Waals surface area (Å²) < 4.78 is 7.24. The number of rotatable bonds is 5. The summed E-state index contributed by atoms with van der Waals surface area (Å²) in [5, 5.41) is 12.7. The molecular formula is C21H19ClN8OS. The predicted octanol–water partition coefficient (Wildman–Crippen LogP) is 3.83. The van der Waals surface area contributed by atoms with Crippen LogP contribution >= 0.6 is 22.9 Å². The lowest BCUT2D eigenvalue weighted by Gasteiger charge is -2.27. The van der Waals surface area contributed by atoms with Crippen LogP contribution in [0.5, 0.6) is 0 Å². The first-order chi connectivity index (χ1) is 15.8. The molecule has 1 saturated heterocycles. The van der Waals surface area contributed by atoms with Crippen LogP contribution in [0.2, 0.25) is 5.02 Å². The Kier molecular flexibility index (Phi) is 4.90. The van der Waals surface area contributed by atoms with Crippen LogP contribution in [-0.4, -0.2) is 55.9 Å². The average molecular weight is 467 g/mol. The number of nitrogens with zero attached hydrogens (tertiary/aromatic N) is 6. The molecule has 9 nitrogen and oxygen atoms in total. The Morgan fingerprint density at radius 2 is 2.06 bits per heavy atom. The first-order valence-electron chi connectivity index (χ1n) is 10.2. The summed E-state index contributed by atoms with van der Waals surface area (Å²) in [5.41, 5.74) is 4.48. The number of hydrogen-bond acceptors (Lipinski definition) is 8. The van der Waals surface area contributed by atoms with Crippen LogP contribution in [0.4, 0.5) is 11.9 Å². The number of fused-ring (bicyclic) bond motifs is 2. The van der Waals surface area contributed by atoms with Gasteiger partial charge in [0.15, 0.2) is 5.65 Å². The smallest absolute Gasteiger partial charge is 0.230 e. The number of ether oxygens (including phenoxy) is 1. The van der Waals surface area contributed by atoms with Crippen molar-refractivity contribution in [1.29, 1.82) is 0 Å². The Balaban J connectivity index is 1.39. The minimum Gasteiger partial charge on any atom is -0.378 e. The highest BCUT2D eigenvalue weighted by Gasteiger charge is 2.20. The number of anilines is 2. The standard InChI is InChI=1S/C21H19ClN8OS/c22-15-2-1-3-16-18(15)26-17(25-16)11-23-20-28-21(29-5-7-31-8-6-29)27-19-14(10-24-30(19)20)13-4-9-32-12-13/h1-4,9-10,12H,5-8,11H2,(H,25,26)(H,23,27,28). The monoisotopic (exact) mass is 466 g/mol. The van der Waals surface area contributed by atoms with E-state index in [1.54, 1.807) is 15.9 Å². The number of aromatic amines is 1. The average Bonchev–Trinajstić information content (AvgIpc) is 3.57. The Morgan fingerprint density at radius 1 is 1.16 bits per heavy atom. The van der Waals surface area contributed by atoms with Gasteiger partial charge in [-0.15, -0.1) is 0 Å². The molecule has 32 heavy (non-hydrogen) atoms. The van der Waals surface area contributed by atoms with Gasteiger partial charge in [0.1, 0.15) is 11.3 Å². The first kappa shape index (κ1) is 19.5. The Labute approximate surface area is 192 Å². The van der Waals surface area contributed by atoms with Crippen molar-refractivity contribution >= 4 is 51.5 Å². The molecule has 0 saturated carbocycles. The molecule has 0 spiro atoms. The molecule has 1 aliphatic heterocycles. The molecule has 4 aromatic heterocycles. The third-order valence-corrected chi connectivity index (χ3v) is 6.40. The zero-order valence-corrected chi connectivity index (χ0v) is 18.5. The molecule has 2 N–H and O–H groups in total. The van der Waals surface area contributed by atoms with Crippen molar-refractivity contribution in [3.8, 4) is 11.1 Å². The number of nitrogens with one attached hydrogen (secondary N) is 2. The van der Waals surface area contributed by atoms with Crippen LogP contribution in [0, 0.1) is 0 Å². The number of H-pyrrole nitrogens is 1. The summed E-state index contributed by atoms with van der Waals surface area (Å²) in [6, 6.07) is 7.76. The van der Waals surface area contributed by atoms with E-state index in [0.29, 0.717) is 36.7 Å². The van der Waals surface area contributed by atoms with Crippen molar-refractivity contribution in [2.24, 2.45) is 0 Å². The molecule has 5 heterocycles. The summed E-state index contributed by atoms with van der Waals surface area (Å²) in [6.07, 6.45) is 1.83. The third-order valence-electron chi connectivity index (χ3n) is 5.41. The Hall–Kier alpha value is -3.21. The van der Waals surface area contributed by atoms with Crippen molar-refractivity contribution in [3.63, 3.8) is 0 Å². The fourth-order valence-corrected chi connectivity index (χ4v) is 4.67. The number of aromatic nitrogens is 6. The predicted molar refractivity (Wildman–Crippen MR) is 126 cm³/mol. The van der Waals surface area contributed by atoms with E-state index < -0.39 is 0 Å². The van der Waals surface area contributed by atoms with Crippen molar-refractivity contribution in [3.05, 3.63) is 52.1 Å². The Bertz CT molecular complexity index is 1390. The molecular weight excluding hydrogens is 448 g/mol. The summed E-state index contributed by atoms with van der Waals surface area (Å²) in [5.74, 6) is 2.02. The normalized spacial score (nSPS) is 14.5. The van der Waals surface area contributed by atoms with Gasteiger partial charge < -0.3 is 19.9 Å². The second kappa shape index (κ2) is 8.05. The SMILES string of the molecule is Clc1cccc2[nH]c(CNc3nc(N4CCOCC4)nc4c(-c5ccsc5)cnn34)nc12. The van der Waals surface area contributed by atoms with E-state index in [1.807, 2.05) is 24.4 Å². The van der Waals surface area contributed by atoms with Crippen LogP contribution in [0.15, 0.2) is 41.2 Å². The van der Waals surface area contributed by atoms with Gasteiger partial charge in [0.25, 0.3) is 0 Å². The Morgan fingerprint density at radius 3 is 2.88 bits per heavy atom. The van der Waals surface area contributed by atoms with E-state index in [4.69, 9.17) is 26.3 Å². The lowest BCUT2D eigenvalue weighted by atomic mass is 10.2. The van der Waals surface area contributed by atoms with Gasteiger partial charge in [-0.2, -0.15) is 30.9 Å². The summed E-state index contributed by atoms with van der Waals surface area (Å²) in [6.45, 7) is 3.26. The second-order valence-corrected chi connectivity index (χ2v) is 8.61. The van der Waals surface area contributed by atoms with Crippen LogP contribution in [-0.2, 0) is 11.3 Å². The zero-order chi connectivity index (χ0) is 21.5. The van der Waals surface area contributed by atoms with Gasteiger partial charge >= 0.3 is 0 Å². The number of halogens is 1. The van der Waals surface area contributed by atoms with Crippen molar-refractivity contribution in [2.45, 2.75) is 6.54 Å². The molecule has 0 bridgehead atoms. The molecule has 0 amide bonds. The van der Waals surface area contributed by atoms with Crippen LogP contribution in [0.3, 0.4) is 0 Å². The van der Waals surface area contributed by atoms with E-state index in [2.05, 4.69) is 42.1 Å². The van der Waals surface area contributed by atoms with Gasteiger partial charge in [0.2, 0.25) is 11.9 Å². The maximum atomic E-state index is 6.27. The topological polar surface area (TPSA) is 96.3 Å². The van der Waals surface area contributed by atoms with Crippen LogP contribution in [0.25, 0.3) is 27.8 Å². The molecule has 0 unspecified atom stereocenters. The molecule has 0 atom stereocenters. The molecule has 1 aromatic carbocycles. The van der Waals surface area contributed by atoms with Crippen LogP contribution < -0.4 is 10.2 Å². The van der Waals surface area contributed by atoms with Crippen molar-refractivity contribution < 1.29 is 4.74 Å². The maximum Gasteiger partial charge on any atom is 0.230 e. The highest BCUT2D eigenvalue weighted by Crippen LogP contribution is 2.28. The minimum absolute atomic E-state index is 0.438. The number of para-hydroxylation sites is 1. The molecule has 1 fully saturated rings. The number of thiophene rings is 1. The van der Waals surface area contributed by atoms with Gasteiger partial charge in [0.05, 0.1) is 36.5 Å². The maximum absolute atomic E-state index is 6.27. The van der Waals surface area contributed by atoms with Crippen molar-refractivity contribution in [1.82, 2.24) is 29.5 Å². The molecule has 5 aromatic rings. The fraction of sp³-hybridized carbons (Fsp3) is 0.238. The summed E-state index contributed by atoms with van der Waals surface area (Å²) >= 11 is 7.92. The lowest BCUT2D eigenvalue weighted by molar-refractivity contribution is 0.122. The van der Waals surface area contributed by atoms with Crippen LogP contribution in [0.1, 0.15) is 5.82 Å². The highest BCUT2D eigenvalue weighted by atomic mass is 35.5. The summed E-state index contributed by atoms with van der Waals surface area (Å²) in [7, 11) is 0. The number of morpholine rings is 1. The van der Waals surface area contributed by atoms with E-state index in [9.17, 15) is 0 Å². The van der Waals surface area contributed by atoms with Gasteiger partial charge in [-0.3, -0.25) is 0 Å². The quantitative estimate of drug-likeness (QED) is 0.406. The minimum atomic E-state index is 0.438. The molecule has 6 rings (SSSR count). The molecule has 11 heteroatoms. The largest absolute Gasteiger partial charge is 0.378 e. The van der Waals surface area contributed by atoms with Gasteiger partial charge in [-0.05, 0) is 34.5 Å². The highest BCUT2D eigenvalue weighted by molar-refractivity contribution is 7.08. The van der Waals surface area contributed by atoms with Gasteiger partial charge in [-0.25, -0.2) is 4.98 Å². The third kappa shape index (κ3) is 3.46.